The zero-order valence-corrected chi connectivity index (χ0v) is 16.4. The van der Waals surface area contributed by atoms with Gasteiger partial charge in [-0.1, -0.05) is 15.9 Å². The number of ether oxygens (including phenoxy) is 2. The molecule has 2 N–H and O–H groups in total. The SMILES string of the molecule is CCOc1ccc(NC(=S)NC(=O)COc2ccc(Br)cc2C)cc1. The summed E-state index contributed by atoms with van der Waals surface area (Å²) in [6, 6.07) is 12.9. The van der Waals surface area contributed by atoms with E-state index < -0.39 is 0 Å². The molecule has 0 aromatic heterocycles. The number of carbonyl (C=O) groups is 1. The number of rotatable bonds is 6. The Morgan fingerprint density at radius 1 is 1.16 bits per heavy atom. The normalized spacial score (nSPS) is 10.0. The maximum Gasteiger partial charge on any atom is 0.264 e. The van der Waals surface area contributed by atoms with Crippen LogP contribution in [0.2, 0.25) is 0 Å². The van der Waals surface area contributed by atoms with E-state index in [1.807, 2.05) is 56.3 Å². The summed E-state index contributed by atoms with van der Waals surface area (Å²) in [5.41, 5.74) is 1.70. The Morgan fingerprint density at radius 2 is 1.88 bits per heavy atom. The van der Waals surface area contributed by atoms with Crippen molar-refractivity contribution >= 4 is 44.9 Å². The van der Waals surface area contributed by atoms with Crippen LogP contribution in [0, 0.1) is 6.92 Å². The number of nitrogens with one attached hydrogen (secondary N) is 2. The number of benzene rings is 2. The van der Waals surface area contributed by atoms with Gasteiger partial charge in [0.1, 0.15) is 11.5 Å². The van der Waals surface area contributed by atoms with Crippen LogP contribution in [-0.2, 0) is 4.79 Å². The number of amides is 1. The van der Waals surface area contributed by atoms with Gasteiger partial charge in [-0.15, -0.1) is 0 Å². The summed E-state index contributed by atoms with van der Waals surface area (Å²) in [5.74, 6) is 1.11. The monoisotopic (exact) mass is 422 g/mol. The molecule has 0 fully saturated rings. The van der Waals surface area contributed by atoms with Gasteiger partial charge in [0.05, 0.1) is 6.61 Å². The second kappa shape index (κ2) is 9.39. The third kappa shape index (κ3) is 6.36. The molecule has 2 aromatic rings. The minimum Gasteiger partial charge on any atom is -0.494 e. The predicted molar refractivity (Wildman–Crippen MR) is 106 cm³/mol. The molecule has 0 saturated heterocycles. The molecule has 0 heterocycles. The molecule has 1 amide bonds. The molecule has 7 heteroatoms. The molecular weight excluding hydrogens is 404 g/mol. The first-order chi connectivity index (χ1) is 12.0. The van der Waals surface area contributed by atoms with E-state index in [1.165, 1.54) is 0 Å². The van der Waals surface area contributed by atoms with Crippen molar-refractivity contribution in [3.63, 3.8) is 0 Å². The Morgan fingerprint density at radius 3 is 2.52 bits per heavy atom. The number of anilines is 1. The van der Waals surface area contributed by atoms with Crippen molar-refractivity contribution in [2.45, 2.75) is 13.8 Å². The van der Waals surface area contributed by atoms with Gasteiger partial charge in [0.2, 0.25) is 0 Å². The summed E-state index contributed by atoms with van der Waals surface area (Å²) >= 11 is 8.52. The fourth-order valence-electron chi connectivity index (χ4n) is 2.04. The Bertz CT molecular complexity index is 750. The maximum atomic E-state index is 11.9. The van der Waals surface area contributed by atoms with Gasteiger partial charge in [-0.25, -0.2) is 0 Å². The van der Waals surface area contributed by atoms with Crippen LogP contribution >= 0.6 is 28.1 Å². The van der Waals surface area contributed by atoms with Crippen LogP contribution in [0.25, 0.3) is 0 Å². The summed E-state index contributed by atoms with van der Waals surface area (Å²) in [4.78, 5) is 11.9. The summed E-state index contributed by atoms with van der Waals surface area (Å²) in [7, 11) is 0. The van der Waals surface area contributed by atoms with E-state index in [0.29, 0.717) is 12.4 Å². The van der Waals surface area contributed by atoms with Crippen molar-refractivity contribution in [1.82, 2.24) is 5.32 Å². The Hall–Kier alpha value is -2.12. The van der Waals surface area contributed by atoms with E-state index in [2.05, 4.69) is 26.6 Å². The molecule has 0 bridgehead atoms. The quantitative estimate of drug-likeness (QED) is 0.687. The van der Waals surface area contributed by atoms with Crippen molar-refractivity contribution in [2.75, 3.05) is 18.5 Å². The van der Waals surface area contributed by atoms with Crippen molar-refractivity contribution in [1.29, 1.82) is 0 Å². The van der Waals surface area contributed by atoms with Gasteiger partial charge in [-0.2, -0.15) is 0 Å². The number of hydrogen-bond acceptors (Lipinski definition) is 4. The van der Waals surface area contributed by atoms with Crippen LogP contribution in [0.4, 0.5) is 5.69 Å². The second-order valence-electron chi connectivity index (χ2n) is 5.16. The van der Waals surface area contributed by atoms with E-state index in [1.54, 1.807) is 0 Å². The highest BCUT2D eigenvalue weighted by Gasteiger charge is 2.08. The standard InChI is InChI=1S/C18H19BrN2O3S/c1-3-23-15-7-5-14(6-8-15)20-18(25)21-17(22)11-24-16-9-4-13(19)10-12(16)2/h4-10H,3,11H2,1-2H3,(H2,20,21,22,25). The maximum absolute atomic E-state index is 11.9. The van der Waals surface area contributed by atoms with Crippen LogP contribution in [0.1, 0.15) is 12.5 Å². The lowest BCUT2D eigenvalue weighted by Gasteiger charge is -2.12. The van der Waals surface area contributed by atoms with Gasteiger partial charge in [0, 0.05) is 10.2 Å². The average Bonchev–Trinajstić information content (AvgIpc) is 2.56. The first-order valence-electron chi connectivity index (χ1n) is 7.70. The fraction of sp³-hybridized carbons (Fsp3) is 0.222. The molecule has 132 valence electrons. The number of hydrogen-bond donors (Lipinski definition) is 2. The summed E-state index contributed by atoms with van der Waals surface area (Å²) in [6.45, 7) is 4.33. The second-order valence-corrected chi connectivity index (χ2v) is 6.48. The summed E-state index contributed by atoms with van der Waals surface area (Å²) < 4.78 is 11.8. The summed E-state index contributed by atoms with van der Waals surface area (Å²) in [5, 5.41) is 5.74. The van der Waals surface area contributed by atoms with Crippen LogP contribution in [0.5, 0.6) is 11.5 Å². The number of thiocarbonyl (C=S) groups is 1. The highest BCUT2D eigenvalue weighted by molar-refractivity contribution is 9.10. The van der Waals surface area contributed by atoms with Gasteiger partial charge in [0.25, 0.3) is 5.91 Å². The van der Waals surface area contributed by atoms with Gasteiger partial charge in [-0.05, 0) is 74.1 Å². The molecule has 5 nitrogen and oxygen atoms in total. The zero-order chi connectivity index (χ0) is 18.2. The molecule has 2 aromatic carbocycles. The number of carbonyl (C=O) groups excluding carboxylic acids is 1. The average molecular weight is 423 g/mol. The van der Waals surface area contributed by atoms with Crippen molar-refractivity contribution < 1.29 is 14.3 Å². The molecule has 0 atom stereocenters. The van der Waals surface area contributed by atoms with Crippen molar-refractivity contribution in [2.24, 2.45) is 0 Å². The Kier molecular flexibility index (Phi) is 7.21. The van der Waals surface area contributed by atoms with Crippen LogP contribution in [0.15, 0.2) is 46.9 Å². The lowest BCUT2D eigenvalue weighted by Crippen LogP contribution is -2.37. The van der Waals surface area contributed by atoms with Crippen LogP contribution in [0.3, 0.4) is 0 Å². The third-order valence-corrected chi connectivity index (χ3v) is 3.87. The zero-order valence-electron chi connectivity index (χ0n) is 14.0. The molecule has 0 radical (unpaired) electrons. The minimum atomic E-state index is -0.328. The van der Waals surface area contributed by atoms with Crippen LogP contribution in [-0.4, -0.2) is 24.2 Å². The van der Waals surface area contributed by atoms with Crippen molar-refractivity contribution in [3.05, 3.63) is 52.5 Å². The van der Waals surface area contributed by atoms with E-state index in [9.17, 15) is 4.79 Å². The molecule has 0 spiro atoms. The van der Waals surface area contributed by atoms with Gasteiger partial charge in [0.15, 0.2) is 11.7 Å². The number of halogens is 1. The lowest BCUT2D eigenvalue weighted by atomic mass is 10.2. The fourth-order valence-corrected chi connectivity index (χ4v) is 2.75. The highest BCUT2D eigenvalue weighted by atomic mass is 79.9. The van der Waals surface area contributed by atoms with E-state index in [0.717, 1.165) is 21.5 Å². The van der Waals surface area contributed by atoms with Crippen LogP contribution < -0.4 is 20.1 Å². The topological polar surface area (TPSA) is 59.6 Å². The van der Waals surface area contributed by atoms with E-state index in [4.69, 9.17) is 21.7 Å². The first kappa shape index (κ1) is 19.2. The predicted octanol–water partition coefficient (Wildman–Crippen LogP) is 4.05. The molecule has 0 aliphatic heterocycles. The van der Waals surface area contributed by atoms with E-state index in [-0.39, 0.29) is 17.6 Å². The third-order valence-electron chi connectivity index (χ3n) is 3.17. The smallest absolute Gasteiger partial charge is 0.264 e. The van der Waals surface area contributed by atoms with E-state index >= 15 is 0 Å². The van der Waals surface area contributed by atoms with Gasteiger partial charge in [-0.3, -0.25) is 10.1 Å². The lowest BCUT2D eigenvalue weighted by molar-refractivity contribution is -0.121. The molecular formula is C18H19BrN2O3S. The molecule has 0 saturated carbocycles. The first-order valence-corrected chi connectivity index (χ1v) is 8.90. The van der Waals surface area contributed by atoms with Crippen molar-refractivity contribution in [3.8, 4) is 11.5 Å². The minimum absolute atomic E-state index is 0.117. The Labute approximate surface area is 160 Å². The molecule has 25 heavy (non-hydrogen) atoms. The summed E-state index contributed by atoms with van der Waals surface area (Å²) in [6.07, 6.45) is 0. The number of aryl methyl sites for hydroxylation is 1. The molecule has 0 unspecified atom stereocenters. The molecule has 0 aliphatic carbocycles. The van der Waals surface area contributed by atoms with Gasteiger partial charge < -0.3 is 14.8 Å². The molecule has 2 rings (SSSR count). The highest BCUT2D eigenvalue weighted by Crippen LogP contribution is 2.22. The molecule has 0 aliphatic rings. The Balaban J connectivity index is 1.80. The largest absolute Gasteiger partial charge is 0.494 e. The van der Waals surface area contributed by atoms with Gasteiger partial charge >= 0.3 is 0 Å².